The van der Waals surface area contributed by atoms with Gasteiger partial charge >= 0.3 is 0 Å². The minimum Gasteiger partial charge on any atom is -0.481 e. The average Bonchev–Trinajstić information content (AvgIpc) is 3.06. The second kappa shape index (κ2) is 7.57. The van der Waals surface area contributed by atoms with Gasteiger partial charge in [-0.1, -0.05) is 0 Å². The van der Waals surface area contributed by atoms with Crippen molar-refractivity contribution >= 4 is 11.8 Å². The van der Waals surface area contributed by atoms with Gasteiger partial charge < -0.3 is 24.5 Å². The number of hydrogen-bond acceptors (Lipinski definition) is 6. The number of hydrogen-bond donors (Lipinski definition) is 2. The molecule has 1 saturated heterocycles. The smallest absolute Gasteiger partial charge is 0.289 e. The molecule has 2 atom stereocenters. The highest BCUT2D eigenvalue weighted by Crippen LogP contribution is 2.18. The number of aliphatic hydroxyl groups is 1. The van der Waals surface area contributed by atoms with E-state index < -0.39 is 6.10 Å². The normalized spacial score (nSPS) is 19.9. The Balaban J connectivity index is 1.67. The third kappa shape index (κ3) is 3.85. The Morgan fingerprint density at radius 3 is 2.77 bits per heavy atom. The molecule has 2 aromatic heterocycles. The number of carbonyl (C=O) groups excluding carboxylic acids is 2. The second-order valence-corrected chi connectivity index (χ2v) is 6.29. The Hall–Kier alpha value is -2.87. The molecule has 1 aliphatic rings. The van der Waals surface area contributed by atoms with Gasteiger partial charge in [-0.05, 0) is 25.5 Å². The van der Waals surface area contributed by atoms with E-state index in [1.807, 2.05) is 0 Å². The summed E-state index contributed by atoms with van der Waals surface area (Å²) in [5.41, 5.74) is 1.12. The van der Waals surface area contributed by atoms with Crippen molar-refractivity contribution in [3.63, 3.8) is 0 Å². The number of aliphatic hydroxyl groups excluding tert-OH is 1. The zero-order valence-electron chi connectivity index (χ0n) is 14.6. The number of furan rings is 1. The molecular formula is C18H21N3O5. The zero-order valence-corrected chi connectivity index (χ0v) is 14.6. The third-order valence-corrected chi connectivity index (χ3v) is 4.31. The number of nitrogens with zero attached hydrogens (tertiary/aromatic N) is 2. The van der Waals surface area contributed by atoms with Gasteiger partial charge in [-0.25, -0.2) is 4.98 Å². The second-order valence-electron chi connectivity index (χ2n) is 6.29. The number of rotatable bonds is 4. The molecule has 0 radical (unpaired) electrons. The van der Waals surface area contributed by atoms with Gasteiger partial charge in [-0.15, -0.1) is 0 Å². The van der Waals surface area contributed by atoms with Crippen molar-refractivity contribution in [2.75, 3.05) is 20.2 Å². The van der Waals surface area contributed by atoms with Crippen LogP contribution in [0.15, 0.2) is 35.1 Å². The van der Waals surface area contributed by atoms with E-state index in [0.717, 1.165) is 5.56 Å². The fraction of sp³-hybridized carbons (Fsp3) is 0.389. The number of nitrogens with one attached hydrogen (secondary N) is 1. The van der Waals surface area contributed by atoms with Crippen LogP contribution in [0, 0.1) is 6.92 Å². The average molecular weight is 359 g/mol. The molecule has 2 amide bonds. The summed E-state index contributed by atoms with van der Waals surface area (Å²) >= 11 is 0. The fourth-order valence-electron chi connectivity index (χ4n) is 2.98. The lowest BCUT2D eigenvalue weighted by Crippen LogP contribution is -2.54. The number of aryl methyl sites for hydroxylation is 1. The van der Waals surface area contributed by atoms with Crippen LogP contribution in [0.5, 0.6) is 5.88 Å². The summed E-state index contributed by atoms with van der Waals surface area (Å²) in [6.45, 7) is 2.29. The molecule has 8 nitrogen and oxygen atoms in total. The molecule has 1 aliphatic heterocycles. The summed E-state index contributed by atoms with van der Waals surface area (Å²) in [5, 5.41) is 13.0. The van der Waals surface area contributed by atoms with Crippen LogP contribution in [-0.4, -0.2) is 59.1 Å². The summed E-state index contributed by atoms with van der Waals surface area (Å²) in [4.78, 5) is 30.5. The Morgan fingerprint density at radius 1 is 1.35 bits per heavy atom. The molecule has 2 aromatic rings. The first-order valence-electron chi connectivity index (χ1n) is 8.30. The Kier molecular flexibility index (Phi) is 5.22. The van der Waals surface area contributed by atoms with E-state index in [2.05, 4.69) is 10.3 Å². The van der Waals surface area contributed by atoms with E-state index in [9.17, 15) is 14.7 Å². The van der Waals surface area contributed by atoms with Crippen LogP contribution in [0.4, 0.5) is 0 Å². The van der Waals surface area contributed by atoms with Gasteiger partial charge in [0.2, 0.25) is 5.88 Å². The molecule has 2 N–H and O–H groups in total. The third-order valence-electron chi connectivity index (χ3n) is 4.31. The van der Waals surface area contributed by atoms with Crippen LogP contribution in [0.1, 0.15) is 32.9 Å². The van der Waals surface area contributed by atoms with E-state index in [0.29, 0.717) is 24.4 Å². The first kappa shape index (κ1) is 17.9. The van der Waals surface area contributed by atoms with Gasteiger partial charge in [-0.3, -0.25) is 9.59 Å². The van der Waals surface area contributed by atoms with E-state index in [1.54, 1.807) is 25.1 Å². The molecule has 0 saturated carbocycles. The number of piperidine rings is 1. The van der Waals surface area contributed by atoms with E-state index in [-0.39, 0.29) is 30.2 Å². The van der Waals surface area contributed by atoms with Crippen molar-refractivity contribution < 1.29 is 23.8 Å². The molecule has 138 valence electrons. The summed E-state index contributed by atoms with van der Waals surface area (Å²) in [6.07, 6.45) is 2.53. The SMILES string of the molecule is COc1ccc(C(=O)N[C@H]2C[C@@H](O)CN(C(=O)c3occc3C)C2)cn1. The van der Waals surface area contributed by atoms with Gasteiger partial charge in [0.1, 0.15) is 0 Å². The summed E-state index contributed by atoms with van der Waals surface area (Å²) in [5.74, 6) is 0.0567. The van der Waals surface area contributed by atoms with Gasteiger partial charge in [-0.2, -0.15) is 0 Å². The molecule has 0 aliphatic carbocycles. The van der Waals surface area contributed by atoms with Crippen LogP contribution in [0.3, 0.4) is 0 Å². The topological polar surface area (TPSA) is 105 Å². The number of amides is 2. The number of methoxy groups -OCH3 is 1. The molecule has 0 spiro atoms. The highest BCUT2D eigenvalue weighted by atomic mass is 16.5. The molecule has 1 fully saturated rings. The van der Waals surface area contributed by atoms with E-state index >= 15 is 0 Å². The molecule has 0 bridgehead atoms. The van der Waals surface area contributed by atoms with Crippen LogP contribution in [-0.2, 0) is 0 Å². The number of likely N-dealkylation sites (tertiary alicyclic amines) is 1. The molecular weight excluding hydrogens is 338 g/mol. The molecule has 3 heterocycles. The highest BCUT2D eigenvalue weighted by molar-refractivity contribution is 5.95. The molecule has 3 rings (SSSR count). The number of ether oxygens (including phenoxy) is 1. The number of pyridine rings is 1. The van der Waals surface area contributed by atoms with Crippen LogP contribution in [0.2, 0.25) is 0 Å². The lowest BCUT2D eigenvalue weighted by Gasteiger charge is -2.35. The monoisotopic (exact) mass is 359 g/mol. The van der Waals surface area contributed by atoms with Crippen LogP contribution in [0.25, 0.3) is 0 Å². The predicted octanol–water partition coefficient (Wildman–Crippen LogP) is 0.997. The van der Waals surface area contributed by atoms with Gasteiger partial charge in [0.15, 0.2) is 5.76 Å². The highest BCUT2D eigenvalue weighted by Gasteiger charge is 2.32. The van der Waals surface area contributed by atoms with Crippen molar-refractivity contribution in [1.29, 1.82) is 0 Å². The van der Waals surface area contributed by atoms with Crippen molar-refractivity contribution in [1.82, 2.24) is 15.2 Å². The summed E-state index contributed by atoms with van der Waals surface area (Å²) in [7, 11) is 1.50. The molecule has 0 unspecified atom stereocenters. The number of aromatic nitrogens is 1. The standard InChI is InChI=1S/C18H21N3O5/c1-11-5-6-26-16(11)18(24)21-9-13(7-14(22)10-21)20-17(23)12-3-4-15(25-2)19-8-12/h3-6,8,13-14,22H,7,9-10H2,1-2H3,(H,20,23)/t13-,14+/m0/s1. The lowest BCUT2D eigenvalue weighted by molar-refractivity contribution is 0.0349. The van der Waals surface area contributed by atoms with Crippen molar-refractivity contribution in [3.8, 4) is 5.88 Å². The van der Waals surface area contributed by atoms with Crippen LogP contribution >= 0.6 is 0 Å². The maximum Gasteiger partial charge on any atom is 0.289 e. The quantitative estimate of drug-likeness (QED) is 0.844. The van der Waals surface area contributed by atoms with Crippen molar-refractivity contribution in [3.05, 3.63) is 47.5 Å². The van der Waals surface area contributed by atoms with Gasteiger partial charge in [0, 0.05) is 37.0 Å². The predicted molar refractivity (Wildman–Crippen MR) is 92.0 cm³/mol. The number of β-amino-alcohol motifs (C(OH)–C–C–N with tert-alkyl or cyclic N) is 1. The van der Waals surface area contributed by atoms with Gasteiger partial charge in [0.05, 0.1) is 25.0 Å². The van der Waals surface area contributed by atoms with Crippen molar-refractivity contribution in [2.45, 2.75) is 25.5 Å². The lowest BCUT2D eigenvalue weighted by atomic mass is 10.0. The maximum atomic E-state index is 12.6. The fourth-order valence-corrected chi connectivity index (χ4v) is 2.98. The minimum atomic E-state index is -0.720. The maximum absolute atomic E-state index is 12.6. The number of carbonyl (C=O) groups is 2. The summed E-state index contributed by atoms with van der Waals surface area (Å²) < 4.78 is 10.2. The first-order valence-corrected chi connectivity index (χ1v) is 8.30. The molecule has 0 aromatic carbocycles. The zero-order chi connectivity index (χ0) is 18.7. The minimum absolute atomic E-state index is 0.204. The first-order chi connectivity index (χ1) is 12.5. The Labute approximate surface area is 150 Å². The van der Waals surface area contributed by atoms with Crippen LogP contribution < -0.4 is 10.1 Å². The van der Waals surface area contributed by atoms with Crippen molar-refractivity contribution in [2.24, 2.45) is 0 Å². The van der Waals surface area contributed by atoms with E-state index in [1.165, 1.54) is 24.5 Å². The van der Waals surface area contributed by atoms with Gasteiger partial charge in [0.25, 0.3) is 11.8 Å². The largest absolute Gasteiger partial charge is 0.481 e. The summed E-state index contributed by atoms with van der Waals surface area (Å²) in [6, 6.07) is 4.55. The Bertz CT molecular complexity index is 786. The Morgan fingerprint density at radius 2 is 2.15 bits per heavy atom. The molecule has 26 heavy (non-hydrogen) atoms. The van der Waals surface area contributed by atoms with E-state index in [4.69, 9.17) is 9.15 Å². The molecule has 8 heteroatoms.